The van der Waals surface area contributed by atoms with Gasteiger partial charge in [0.15, 0.2) is 0 Å². The molecule has 0 aliphatic heterocycles. The van der Waals surface area contributed by atoms with Gasteiger partial charge in [-0.05, 0) is 23.5 Å². The van der Waals surface area contributed by atoms with E-state index >= 15 is 0 Å². The zero-order valence-electron chi connectivity index (χ0n) is 14.3. The zero-order valence-corrected chi connectivity index (χ0v) is 16.0. The Morgan fingerprint density at radius 3 is 2.57 bits per heavy atom. The first-order valence-corrected chi connectivity index (χ1v) is 10.9. The number of amides is 1. The molecular weight excluding hydrogens is 418 g/mol. The Kier molecular flexibility index (Phi) is 6.93. The van der Waals surface area contributed by atoms with Crippen molar-refractivity contribution in [3.63, 3.8) is 0 Å². The fourth-order valence-electron chi connectivity index (χ4n) is 2.05. The van der Waals surface area contributed by atoms with Crippen LogP contribution in [-0.4, -0.2) is 51.4 Å². The Balaban J connectivity index is 1.92. The Morgan fingerprint density at radius 2 is 1.93 bits per heavy atom. The highest BCUT2D eigenvalue weighted by molar-refractivity contribution is 7.91. The van der Waals surface area contributed by atoms with Crippen molar-refractivity contribution < 1.29 is 40.5 Å². The van der Waals surface area contributed by atoms with E-state index in [1.54, 1.807) is 6.07 Å². The maximum absolute atomic E-state index is 12.5. The quantitative estimate of drug-likeness (QED) is 0.275. The highest BCUT2D eigenvalue weighted by atomic mass is 32.2. The van der Waals surface area contributed by atoms with E-state index in [9.17, 15) is 26.8 Å². The van der Waals surface area contributed by atoms with Gasteiger partial charge in [0.25, 0.3) is 20.0 Å². The Bertz CT molecular complexity index is 1020. The molecular formula is C14H17N3O9S2. The van der Waals surface area contributed by atoms with E-state index in [2.05, 4.69) is 15.1 Å². The molecule has 0 unspecified atom stereocenters. The van der Waals surface area contributed by atoms with E-state index in [0.29, 0.717) is 0 Å². The van der Waals surface area contributed by atoms with E-state index in [0.717, 1.165) is 0 Å². The van der Waals surface area contributed by atoms with Crippen LogP contribution < -0.4 is 15.0 Å². The molecule has 0 radical (unpaired) electrons. The molecule has 1 amide bonds. The van der Waals surface area contributed by atoms with Gasteiger partial charge in [-0.2, -0.15) is 8.42 Å². The molecule has 0 saturated heterocycles. The van der Waals surface area contributed by atoms with Gasteiger partial charge < -0.3 is 15.3 Å². The summed E-state index contributed by atoms with van der Waals surface area (Å²) in [4.78, 5) is 11.1. The van der Waals surface area contributed by atoms with Gasteiger partial charge in [-0.15, -0.1) is 0 Å². The monoisotopic (exact) mass is 435 g/mol. The molecule has 1 heterocycles. The van der Waals surface area contributed by atoms with Gasteiger partial charge >= 0.3 is 10.9 Å². The third-order valence-electron chi connectivity index (χ3n) is 3.32. The largest absolute Gasteiger partial charge is 0.454 e. The minimum absolute atomic E-state index is 0.0680. The van der Waals surface area contributed by atoms with Crippen molar-refractivity contribution >= 4 is 25.9 Å². The van der Waals surface area contributed by atoms with Crippen LogP contribution in [0.3, 0.4) is 0 Å². The molecule has 0 aliphatic rings. The summed E-state index contributed by atoms with van der Waals surface area (Å²) in [7, 11) is -8.39. The fraction of sp³-hybridized carbons (Fsp3) is 0.357. The first-order valence-electron chi connectivity index (χ1n) is 7.86. The summed E-state index contributed by atoms with van der Waals surface area (Å²) < 4.78 is 64.2. The molecule has 0 aliphatic carbocycles. The van der Waals surface area contributed by atoms with Gasteiger partial charge in [-0.25, -0.2) is 8.42 Å². The number of nitrogens with one attached hydrogen (secondary N) is 1. The maximum Gasteiger partial charge on any atom is 0.414 e. The zero-order chi connectivity index (χ0) is 20.8. The number of carbonyl (C=O) groups excluding carboxylic acids is 1. The number of hydrogen-bond acceptors (Lipinski definition) is 9. The van der Waals surface area contributed by atoms with E-state index in [4.69, 9.17) is 9.29 Å². The second-order valence-electron chi connectivity index (χ2n) is 5.44. The van der Waals surface area contributed by atoms with Crippen LogP contribution >= 0.6 is 0 Å². The Labute approximate surface area is 160 Å². The lowest BCUT2D eigenvalue weighted by molar-refractivity contribution is -0.832. The molecule has 28 heavy (non-hydrogen) atoms. The number of benzene rings is 1. The molecule has 14 heteroatoms. The summed E-state index contributed by atoms with van der Waals surface area (Å²) in [5, 5.41) is 16.4. The second kappa shape index (κ2) is 8.99. The smallest absolute Gasteiger partial charge is 0.414 e. The van der Waals surface area contributed by atoms with Crippen LogP contribution in [-0.2, 0) is 24.7 Å². The van der Waals surface area contributed by atoms with Crippen molar-refractivity contribution in [1.29, 1.82) is 0 Å². The van der Waals surface area contributed by atoms with E-state index < -0.39 is 42.5 Å². The predicted octanol–water partition coefficient (Wildman–Crippen LogP) is -0.696. The van der Waals surface area contributed by atoms with E-state index in [-0.39, 0.29) is 35.8 Å². The normalized spacial score (nSPS) is 11.9. The molecule has 154 valence electrons. The third-order valence-corrected chi connectivity index (χ3v) is 5.77. The van der Waals surface area contributed by atoms with Crippen LogP contribution in [0.2, 0.25) is 0 Å². The molecule has 0 atom stereocenters. The first kappa shape index (κ1) is 21.6. The fourth-order valence-corrected chi connectivity index (χ4v) is 3.70. The molecule has 12 nitrogen and oxygen atoms in total. The van der Waals surface area contributed by atoms with Gasteiger partial charge in [-0.1, -0.05) is 18.2 Å². The minimum atomic E-state index is -4.23. The van der Waals surface area contributed by atoms with Crippen molar-refractivity contribution in [2.45, 2.75) is 22.8 Å². The number of nitrogens with zero attached hydrogens (tertiary/aromatic N) is 2. The molecule has 1 aromatic carbocycles. The van der Waals surface area contributed by atoms with Crippen LogP contribution in [0.15, 0.2) is 44.9 Å². The summed E-state index contributed by atoms with van der Waals surface area (Å²) >= 11 is 0. The Hall–Kier alpha value is -2.71. The van der Waals surface area contributed by atoms with Gasteiger partial charge in [0, 0.05) is 13.0 Å². The lowest BCUT2D eigenvalue weighted by atomic mass is 10.3. The topological polar surface area (TPSA) is 180 Å². The number of rotatable bonds is 10. The van der Waals surface area contributed by atoms with E-state index in [1.165, 1.54) is 24.3 Å². The van der Waals surface area contributed by atoms with Crippen molar-refractivity contribution in [3.05, 3.63) is 35.5 Å². The number of aromatic nitrogens is 2. The van der Waals surface area contributed by atoms with E-state index in [1.807, 2.05) is 0 Å². The van der Waals surface area contributed by atoms with Crippen LogP contribution in [0.4, 0.5) is 0 Å². The number of carbonyl (C=O) groups is 1. The van der Waals surface area contributed by atoms with Crippen LogP contribution in [0.1, 0.15) is 12.8 Å². The van der Waals surface area contributed by atoms with Crippen molar-refractivity contribution in [2.75, 3.05) is 18.9 Å². The average Bonchev–Trinajstić information content (AvgIpc) is 3.00. The predicted molar refractivity (Wildman–Crippen MR) is 91.5 cm³/mol. The van der Waals surface area contributed by atoms with Crippen molar-refractivity contribution in [2.24, 2.45) is 0 Å². The lowest BCUT2D eigenvalue weighted by Gasteiger charge is -2.05. The van der Waals surface area contributed by atoms with Crippen LogP contribution in [0, 0.1) is 5.21 Å². The molecule has 0 bridgehead atoms. The molecule has 1 aromatic heterocycles. The molecule has 2 rings (SSSR count). The van der Waals surface area contributed by atoms with Gasteiger partial charge in [0.05, 0.1) is 22.4 Å². The molecule has 2 aromatic rings. The van der Waals surface area contributed by atoms with Crippen LogP contribution in [0.5, 0.6) is 5.88 Å². The average molecular weight is 435 g/mol. The summed E-state index contributed by atoms with van der Waals surface area (Å²) in [5.41, 5.74) is 0. The summed E-state index contributed by atoms with van der Waals surface area (Å²) in [5.74, 6) is -1.65. The van der Waals surface area contributed by atoms with Crippen molar-refractivity contribution in [3.8, 4) is 5.88 Å². The second-order valence-corrected chi connectivity index (χ2v) is 8.88. The highest BCUT2D eigenvalue weighted by Crippen LogP contribution is 2.24. The maximum atomic E-state index is 12.5. The molecule has 2 N–H and O–H groups in total. The van der Waals surface area contributed by atoms with Crippen molar-refractivity contribution in [1.82, 2.24) is 10.5 Å². The minimum Gasteiger partial charge on any atom is -0.454 e. The Morgan fingerprint density at radius 1 is 1.25 bits per heavy atom. The molecule has 0 fully saturated rings. The van der Waals surface area contributed by atoms with Gasteiger partial charge in [-0.3, -0.25) is 14.0 Å². The standard InChI is InChI=1S/C14H17N3O9S2/c18-12(15-8-10-27(20,21)22)7-4-9-25-13-14(17(19)26-16-13)28(23,24)11-5-2-1-3-6-11/h1-3,5-6H,4,7-10H2,(H,15,18)(H,20,21,22). The summed E-state index contributed by atoms with van der Waals surface area (Å²) in [6.45, 7) is -0.410. The number of sulfone groups is 1. The third kappa shape index (κ3) is 5.90. The van der Waals surface area contributed by atoms with Crippen LogP contribution in [0.25, 0.3) is 0 Å². The summed E-state index contributed by atoms with van der Waals surface area (Å²) in [6, 6.07) is 7.16. The summed E-state index contributed by atoms with van der Waals surface area (Å²) in [6.07, 6.45) is 0.0513. The highest BCUT2D eigenvalue weighted by Gasteiger charge is 2.35. The van der Waals surface area contributed by atoms with Gasteiger partial charge in [0.1, 0.15) is 0 Å². The SMILES string of the molecule is O=C(CCCOc1no[n+]([O-])c1S(=O)(=O)c1ccccc1)NCCS(=O)(=O)O. The molecule has 0 spiro atoms. The number of ether oxygens (including phenoxy) is 1. The molecule has 0 saturated carbocycles. The number of hydrogen-bond donors (Lipinski definition) is 2. The lowest BCUT2D eigenvalue weighted by Crippen LogP contribution is -2.31. The first-order chi connectivity index (χ1) is 13.1. The van der Waals surface area contributed by atoms with Gasteiger partial charge in [0.2, 0.25) is 5.91 Å².